The Morgan fingerprint density at radius 3 is 1.29 bits per heavy atom. The molecule has 0 fully saturated rings. The van der Waals surface area contributed by atoms with Gasteiger partial charge in [-0.1, -0.05) is 66.2 Å². The summed E-state index contributed by atoms with van der Waals surface area (Å²) in [7, 11) is 1.86. The molecule has 0 saturated heterocycles. The van der Waals surface area contributed by atoms with Gasteiger partial charge >= 0.3 is 26.8 Å². The molecular weight excluding hydrogens is 435 g/mol. The van der Waals surface area contributed by atoms with E-state index >= 15 is 0 Å². The second-order valence-electron chi connectivity index (χ2n) is 6.28. The van der Waals surface area contributed by atoms with Gasteiger partial charge in [-0.3, -0.25) is 12.2 Å². The molecule has 0 radical (unpaired) electrons. The molecule has 0 N–H and O–H groups in total. The standard InChI is InChI=1S/2C11H17.2CH3.2ClH.H2Si.Ti/c2*1-3-5-6-11-8-7-10(4-2)9-11;;;;;;/h2*9H,3-6,8H2,1-2H3;2*1H3;2*1H;1H2;/q4*-1;;;;. The Labute approximate surface area is 204 Å². The molecule has 2 aliphatic carbocycles. The minimum atomic E-state index is 0. The van der Waals surface area contributed by atoms with Crippen LogP contribution in [0, 0.1) is 27.0 Å². The quantitative estimate of drug-likeness (QED) is 0.244. The summed E-state index contributed by atoms with van der Waals surface area (Å²) >= 11 is 2.03. The summed E-state index contributed by atoms with van der Waals surface area (Å²) in [5, 5.41) is 0. The van der Waals surface area contributed by atoms with Gasteiger partial charge in [0.25, 0.3) is 0 Å². The maximum absolute atomic E-state index is 3.39. The van der Waals surface area contributed by atoms with E-state index in [0.29, 0.717) is 0 Å². The Bertz CT molecular complexity index is 423. The van der Waals surface area contributed by atoms with Crippen LogP contribution < -0.4 is 0 Å². The van der Waals surface area contributed by atoms with E-state index in [1.165, 1.54) is 49.7 Å². The van der Waals surface area contributed by atoms with E-state index in [4.69, 9.17) is 0 Å². The predicted octanol–water partition coefficient (Wildman–Crippen LogP) is 8.12. The van der Waals surface area contributed by atoms with Crippen LogP contribution in [-0.4, -0.2) is 7.63 Å². The van der Waals surface area contributed by atoms with Gasteiger partial charge in [-0.15, -0.1) is 37.7 Å². The molecule has 0 saturated carbocycles. The second kappa shape index (κ2) is 27.5. The van der Waals surface area contributed by atoms with Gasteiger partial charge in [-0.2, -0.15) is 11.1 Å². The molecule has 0 amide bonds. The molecule has 0 aromatic carbocycles. The van der Waals surface area contributed by atoms with Gasteiger partial charge in [0, 0.05) is 0 Å². The van der Waals surface area contributed by atoms with Gasteiger partial charge < -0.3 is 14.9 Å². The van der Waals surface area contributed by atoms with Crippen molar-refractivity contribution in [2.75, 3.05) is 0 Å². The molecule has 0 atom stereocenters. The molecule has 0 bridgehead atoms. The fourth-order valence-electron chi connectivity index (χ4n) is 2.73. The maximum atomic E-state index is 3.39. The van der Waals surface area contributed by atoms with Crippen LogP contribution >= 0.6 is 24.8 Å². The number of unbranched alkanes of at least 4 members (excludes halogenated alkanes) is 2. The van der Waals surface area contributed by atoms with Crippen LogP contribution in [0.25, 0.3) is 0 Å². The molecule has 28 heavy (non-hydrogen) atoms. The summed E-state index contributed by atoms with van der Waals surface area (Å²) < 4.78 is 0. The number of hydrogen-bond donors (Lipinski definition) is 0. The van der Waals surface area contributed by atoms with Crippen molar-refractivity contribution in [3.8, 4) is 0 Å². The van der Waals surface area contributed by atoms with Crippen LogP contribution in [-0.2, 0) is 19.2 Å². The first-order chi connectivity index (χ1) is 11.7. The first-order valence-corrected chi connectivity index (χ1v) is 13.7. The molecule has 2 aliphatic rings. The molecule has 0 nitrogen and oxygen atoms in total. The molecule has 4 heteroatoms. The molecule has 2 rings (SSSR count). The van der Waals surface area contributed by atoms with Gasteiger partial charge in [0.05, 0.1) is 0 Å². The van der Waals surface area contributed by atoms with Crippen LogP contribution in [0.2, 0.25) is 0 Å². The molecule has 0 aromatic heterocycles. The van der Waals surface area contributed by atoms with Crippen LogP contribution in [0.5, 0.6) is 0 Å². The Morgan fingerprint density at radius 1 is 0.750 bits per heavy atom. The summed E-state index contributed by atoms with van der Waals surface area (Å²) in [5.74, 6) is 0. The summed E-state index contributed by atoms with van der Waals surface area (Å²) in [4.78, 5) is 0. The van der Waals surface area contributed by atoms with Crippen LogP contribution in [0.4, 0.5) is 0 Å². The minimum absolute atomic E-state index is 0. The van der Waals surface area contributed by atoms with Crippen molar-refractivity contribution in [1.82, 2.24) is 0 Å². The van der Waals surface area contributed by atoms with Crippen molar-refractivity contribution in [2.45, 2.75) is 91.9 Å². The number of rotatable bonds is 8. The first-order valence-electron chi connectivity index (χ1n) is 9.67. The second-order valence-corrected chi connectivity index (χ2v) is 6.28. The van der Waals surface area contributed by atoms with E-state index in [0.717, 1.165) is 25.7 Å². The molecule has 0 heterocycles. The fourth-order valence-corrected chi connectivity index (χ4v) is 2.73. The zero-order valence-corrected chi connectivity index (χ0v) is 23.9. The summed E-state index contributed by atoms with van der Waals surface area (Å²) in [6, 6.07) is 0. The summed E-state index contributed by atoms with van der Waals surface area (Å²) in [6.07, 6.45) is 23.8. The van der Waals surface area contributed by atoms with E-state index in [-0.39, 0.29) is 39.7 Å². The van der Waals surface area contributed by atoms with Gasteiger partial charge in [0.15, 0.2) is 0 Å². The molecule has 0 aromatic rings. The Hall–Kier alpha value is 0.471. The van der Waals surface area contributed by atoms with Crippen molar-refractivity contribution in [3.63, 3.8) is 0 Å². The van der Waals surface area contributed by atoms with Crippen molar-refractivity contribution in [2.24, 2.45) is 0 Å². The number of halogens is 2. The van der Waals surface area contributed by atoms with Crippen molar-refractivity contribution < 1.29 is 19.2 Å². The van der Waals surface area contributed by atoms with Gasteiger partial charge in [0.2, 0.25) is 0 Å². The van der Waals surface area contributed by atoms with E-state index in [1.54, 1.807) is 11.1 Å². The van der Waals surface area contributed by atoms with E-state index in [2.05, 4.69) is 52.0 Å². The SMILES string of the molecule is CCCCC1=CC(CC)=[C-]C1.CCCCC1=CC(CC)=[C-]C1.Cl.Cl.[CH3-].[CH3-].[SiH2]=[Ti]. The van der Waals surface area contributed by atoms with Crippen LogP contribution in [0.3, 0.4) is 0 Å². The third kappa shape index (κ3) is 18.5. The average Bonchev–Trinajstić information content (AvgIpc) is 3.29. The zero-order chi connectivity index (χ0) is 18.2. The van der Waals surface area contributed by atoms with E-state index in [9.17, 15) is 0 Å². The van der Waals surface area contributed by atoms with Crippen molar-refractivity contribution in [3.05, 3.63) is 61.4 Å². The Morgan fingerprint density at radius 2 is 1.07 bits per heavy atom. The molecule has 0 aliphatic heterocycles. The topological polar surface area (TPSA) is 0 Å². The predicted molar refractivity (Wildman–Crippen MR) is 134 cm³/mol. The normalized spacial score (nSPS) is 13.1. The number of allylic oxidation sites excluding steroid dienone is 8. The third-order valence-electron chi connectivity index (χ3n) is 4.31. The van der Waals surface area contributed by atoms with Crippen molar-refractivity contribution in [1.29, 1.82) is 0 Å². The van der Waals surface area contributed by atoms with Gasteiger partial charge in [-0.25, -0.2) is 23.3 Å². The molecule has 0 unspecified atom stereocenters. The fraction of sp³-hybridized carbons (Fsp3) is 0.583. The van der Waals surface area contributed by atoms with Crippen LogP contribution in [0.15, 0.2) is 34.4 Å². The van der Waals surface area contributed by atoms with Crippen molar-refractivity contribution >= 4 is 32.4 Å². The average molecular weight is 479 g/mol. The monoisotopic (exact) mass is 478 g/mol. The van der Waals surface area contributed by atoms with E-state index < -0.39 is 0 Å². The van der Waals surface area contributed by atoms with Crippen LogP contribution in [0.1, 0.15) is 91.9 Å². The third-order valence-corrected chi connectivity index (χ3v) is 4.31. The molecular formula is C24H44Cl2SiTi-4. The first kappa shape index (κ1) is 39.0. The number of hydrogen-bond acceptors (Lipinski definition) is 0. The molecule has 0 spiro atoms. The summed E-state index contributed by atoms with van der Waals surface area (Å²) in [6.45, 7) is 8.88. The Balaban J connectivity index is -0.000000102. The summed E-state index contributed by atoms with van der Waals surface area (Å²) in [5.41, 5.74) is 6.00. The zero-order valence-electron chi connectivity index (χ0n) is 19.2. The Kier molecular flexibility index (Phi) is 38.3. The van der Waals surface area contributed by atoms with Gasteiger partial charge in [0.1, 0.15) is 0 Å². The molecule has 166 valence electrons. The van der Waals surface area contributed by atoms with Gasteiger partial charge in [-0.05, 0) is 12.8 Å². The van der Waals surface area contributed by atoms with E-state index in [1.807, 2.05) is 26.8 Å².